The molecule has 0 aliphatic carbocycles. The molecule has 0 aromatic heterocycles. The van der Waals surface area contributed by atoms with Gasteiger partial charge in [-0.2, -0.15) is 0 Å². The van der Waals surface area contributed by atoms with Gasteiger partial charge in [-0.3, -0.25) is 0 Å². The fourth-order valence-electron chi connectivity index (χ4n) is 1.90. The van der Waals surface area contributed by atoms with Crippen molar-refractivity contribution in [3.63, 3.8) is 0 Å². The molecule has 0 unspecified atom stereocenters. The van der Waals surface area contributed by atoms with E-state index in [1.165, 1.54) is 6.07 Å². The summed E-state index contributed by atoms with van der Waals surface area (Å²) in [6.07, 6.45) is -0.657. The van der Waals surface area contributed by atoms with Gasteiger partial charge in [0, 0.05) is 5.56 Å². The lowest BCUT2D eigenvalue weighted by atomic mass is 10.1. The Kier molecular flexibility index (Phi) is 4.35. The highest BCUT2D eigenvalue weighted by Gasteiger charge is 2.10. The van der Waals surface area contributed by atoms with E-state index in [2.05, 4.69) is 0 Å². The highest BCUT2D eigenvalue weighted by Crippen LogP contribution is 2.27. The van der Waals surface area contributed by atoms with Crippen molar-refractivity contribution in [1.29, 1.82) is 0 Å². The lowest BCUT2D eigenvalue weighted by Crippen LogP contribution is -2.02. The molecule has 2 rings (SSSR count). The second kappa shape index (κ2) is 6.01. The van der Waals surface area contributed by atoms with E-state index < -0.39 is 17.7 Å². The van der Waals surface area contributed by atoms with Crippen molar-refractivity contribution in [2.75, 3.05) is 0 Å². The number of rotatable bonds is 4. The monoisotopic (exact) mass is 278 g/mol. The average Bonchev–Trinajstić information content (AvgIpc) is 2.40. The van der Waals surface area contributed by atoms with E-state index >= 15 is 0 Å². The van der Waals surface area contributed by atoms with E-state index in [1.807, 2.05) is 19.1 Å². The zero-order valence-electron chi connectivity index (χ0n) is 11.4. The van der Waals surface area contributed by atoms with Gasteiger partial charge in [0.25, 0.3) is 0 Å². The Balaban J connectivity index is 2.17. The van der Waals surface area contributed by atoms with Crippen molar-refractivity contribution in [2.45, 2.75) is 26.6 Å². The maximum Gasteiger partial charge on any atom is 0.159 e. The number of aliphatic hydroxyl groups is 1. The van der Waals surface area contributed by atoms with Crippen LogP contribution in [0.3, 0.4) is 0 Å². The first kappa shape index (κ1) is 14.5. The molecular weight excluding hydrogens is 262 g/mol. The summed E-state index contributed by atoms with van der Waals surface area (Å²) in [5, 5.41) is 9.68. The average molecular weight is 278 g/mol. The van der Waals surface area contributed by atoms with Crippen LogP contribution in [0.2, 0.25) is 0 Å². The first-order valence-electron chi connectivity index (χ1n) is 6.32. The van der Waals surface area contributed by atoms with E-state index in [-0.39, 0.29) is 6.61 Å². The SMILES string of the molecule is Cc1ccc([C@@H](C)O)c(OCc2ccc(F)c(F)c2)c1. The van der Waals surface area contributed by atoms with Gasteiger partial charge < -0.3 is 9.84 Å². The maximum atomic E-state index is 13.1. The molecule has 1 atom stereocenters. The summed E-state index contributed by atoms with van der Waals surface area (Å²) >= 11 is 0. The van der Waals surface area contributed by atoms with Gasteiger partial charge in [0.05, 0.1) is 6.10 Å². The van der Waals surface area contributed by atoms with E-state index in [1.54, 1.807) is 13.0 Å². The van der Waals surface area contributed by atoms with Gasteiger partial charge in [-0.25, -0.2) is 8.78 Å². The Morgan fingerprint density at radius 2 is 1.85 bits per heavy atom. The first-order valence-corrected chi connectivity index (χ1v) is 6.32. The third-order valence-corrected chi connectivity index (χ3v) is 3.00. The van der Waals surface area contributed by atoms with Gasteiger partial charge in [-0.05, 0) is 43.2 Å². The third kappa shape index (κ3) is 3.33. The molecule has 0 aliphatic rings. The Bertz CT molecular complexity index is 609. The molecule has 1 N–H and O–H groups in total. The summed E-state index contributed by atoms with van der Waals surface area (Å²) in [7, 11) is 0. The number of hydrogen-bond donors (Lipinski definition) is 1. The summed E-state index contributed by atoms with van der Waals surface area (Å²) in [4.78, 5) is 0. The molecule has 0 bridgehead atoms. The molecule has 2 nitrogen and oxygen atoms in total. The molecule has 0 fully saturated rings. The fourth-order valence-corrected chi connectivity index (χ4v) is 1.90. The largest absolute Gasteiger partial charge is 0.489 e. The fraction of sp³-hybridized carbons (Fsp3) is 0.250. The Morgan fingerprint density at radius 3 is 2.50 bits per heavy atom. The van der Waals surface area contributed by atoms with Crippen LogP contribution in [0.5, 0.6) is 5.75 Å². The van der Waals surface area contributed by atoms with Crippen molar-refractivity contribution in [3.8, 4) is 5.75 Å². The normalized spacial score (nSPS) is 12.2. The lowest BCUT2D eigenvalue weighted by Gasteiger charge is -2.14. The zero-order valence-corrected chi connectivity index (χ0v) is 11.4. The van der Waals surface area contributed by atoms with Crippen molar-refractivity contribution in [3.05, 3.63) is 64.7 Å². The molecule has 0 spiro atoms. The lowest BCUT2D eigenvalue weighted by molar-refractivity contribution is 0.190. The van der Waals surface area contributed by atoms with Crippen LogP contribution in [-0.2, 0) is 6.61 Å². The first-order chi connectivity index (χ1) is 9.47. The molecule has 20 heavy (non-hydrogen) atoms. The number of ether oxygens (including phenoxy) is 1. The quantitative estimate of drug-likeness (QED) is 0.919. The predicted molar refractivity (Wildman–Crippen MR) is 72.5 cm³/mol. The number of benzene rings is 2. The molecule has 0 radical (unpaired) electrons. The van der Waals surface area contributed by atoms with Crippen LogP contribution in [0, 0.1) is 18.6 Å². The van der Waals surface area contributed by atoms with Crippen molar-refractivity contribution >= 4 is 0 Å². The molecule has 0 heterocycles. The van der Waals surface area contributed by atoms with Gasteiger partial charge in [-0.15, -0.1) is 0 Å². The predicted octanol–water partition coefficient (Wildman–Crippen LogP) is 3.91. The zero-order chi connectivity index (χ0) is 14.7. The second-order valence-electron chi connectivity index (χ2n) is 4.75. The van der Waals surface area contributed by atoms with Gasteiger partial charge >= 0.3 is 0 Å². The van der Waals surface area contributed by atoms with Crippen LogP contribution < -0.4 is 4.74 Å². The van der Waals surface area contributed by atoms with Crippen LogP contribution in [0.25, 0.3) is 0 Å². The minimum atomic E-state index is -0.897. The summed E-state index contributed by atoms with van der Waals surface area (Å²) < 4.78 is 31.6. The van der Waals surface area contributed by atoms with Crippen LogP contribution >= 0.6 is 0 Å². The molecule has 2 aromatic carbocycles. The summed E-state index contributed by atoms with van der Waals surface area (Å²) in [6, 6.07) is 9.12. The number of halogens is 2. The Hall–Kier alpha value is -1.94. The Morgan fingerprint density at radius 1 is 1.10 bits per heavy atom. The minimum Gasteiger partial charge on any atom is -0.489 e. The van der Waals surface area contributed by atoms with E-state index in [9.17, 15) is 13.9 Å². The summed E-state index contributed by atoms with van der Waals surface area (Å²) in [5.41, 5.74) is 2.19. The maximum absolute atomic E-state index is 13.1. The minimum absolute atomic E-state index is 0.111. The number of aryl methyl sites for hydroxylation is 1. The third-order valence-electron chi connectivity index (χ3n) is 3.00. The highest BCUT2D eigenvalue weighted by molar-refractivity contribution is 5.38. The van der Waals surface area contributed by atoms with E-state index in [0.717, 1.165) is 17.7 Å². The topological polar surface area (TPSA) is 29.5 Å². The highest BCUT2D eigenvalue weighted by atomic mass is 19.2. The summed E-state index contributed by atoms with van der Waals surface area (Å²) in [5.74, 6) is -1.23. The van der Waals surface area contributed by atoms with E-state index in [0.29, 0.717) is 16.9 Å². The molecule has 2 aromatic rings. The second-order valence-corrected chi connectivity index (χ2v) is 4.75. The standard InChI is InChI=1S/C16H16F2O2/c1-10-3-5-13(11(2)19)16(7-10)20-9-12-4-6-14(17)15(18)8-12/h3-8,11,19H,9H2,1-2H3/t11-/m1/s1. The van der Waals surface area contributed by atoms with Gasteiger partial charge in [0.15, 0.2) is 11.6 Å². The van der Waals surface area contributed by atoms with Crippen LogP contribution in [0.1, 0.15) is 29.7 Å². The van der Waals surface area contributed by atoms with Crippen LogP contribution in [0.4, 0.5) is 8.78 Å². The van der Waals surface area contributed by atoms with Gasteiger partial charge in [0.2, 0.25) is 0 Å². The molecule has 106 valence electrons. The smallest absolute Gasteiger partial charge is 0.159 e. The molecule has 0 saturated heterocycles. The Labute approximate surface area is 116 Å². The molecule has 0 aliphatic heterocycles. The molecule has 0 saturated carbocycles. The van der Waals surface area contributed by atoms with Gasteiger partial charge in [-0.1, -0.05) is 18.2 Å². The van der Waals surface area contributed by atoms with Crippen molar-refractivity contribution in [1.82, 2.24) is 0 Å². The van der Waals surface area contributed by atoms with Crippen LogP contribution in [0.15, 0.2) is 36.4 Å². The van der Waals surface area contributed by atoms with E-state index in [4.69, 9.17) is 4.74 Å². The molecule has 4 heteroatoms. The number of hydrogen-bond acceptors (Lipinski definition) is 2. The van der Waals surface area contributed by atoms with Crippen molar-refractivity contribution < 1.29 is 18.6 Å². The molecule has 0 amide bonds. The molecular formula is C16H16F2O2. The van der Waals surface area contributed by atoms with Crippen LogP contribution in [-0.4, -0.2) is 5.11 Å². The van der Waals surface area contributed by atoms with Crippen molar-refractivity contribution in [2.24, 2.45) is 0 Å². The number of aliphatic hydroxyl groups excluding tert-OH is 1. The summed E-state index contributed by atoms with van der Waals surface area (Å²) in [6.45, 7) is 3.67. The van der Waals surface area contributed by atoms with Gasteiger partial charge in [0.1, 0.15) is 12.4 Å².